The Balaban J connectivity index is 2.38. The first-order valence-corrected chi connectivity index (χ1v) is 5.65. The number of benzene rings is 1. The van der Waals surface area contributed by atoms with E-state index in [1.54, 1.807) is 0 Å². The number of aryl methyl sites for hydroxylation is 1. The molecule has 1 aromatic carbocycles. The van der Waals surface area contributed by atoms with Gasteiger partial charge in [-0.05, 0) is 24.6 Å². The minimum atomic E-state index is 0.173. The molecule has 0 N–H and O–H groups in total. The van der Waals surface area contributed by atoms with Gasteiger partial charge in [0.25, 0.3) is 5.88 Å². The summed E-state index contributed by atoms with van der Waals surface area (Å²) in [6, 6.07) is 7.60. The molecule has 0 fully saturated rings. The predicted octanol–water partition coefficient (Wildman–Crippen LogP) is 3.21. The maximum Gasteiger partial charge on any atom is 0.256 e. The molecule has 0 unspecified atom stereocenters. The van der Waals surface area contributed by atoms with Crippen molar-refractivity contribution in [3.63, 3.8) is 0 Å². The molecule has 2 aromatic rings. The summed E-state index contributed by atoms with van der Waals surface area (Å²) in [5.41, 5.74) is 1.13. The molecule has 5 heteroatoms. The van der Waals surface area contributed by atoms with Crippen LogP contribution in [-0.4, -0.2) is 9.97 Å². The van der Waals surface area contributed by atoms with Crippen molar-refractivity contribution in [3.8, 4) is 17.7 Å². The second-order valence-electron chi connectivity index (χ2n) is 3.33. The lowest BCUT2D eigenvalue weighted by molar-refractivity contribution is 0.454. The molecule has 0 saturated heterocycles. The van der Waals surface area contributed by atoms with E-state index in [9.17, 15) is 0 Å². The predicted molar refractivity (Wildman–Crippen MR) is 65.7 cm³/mol. The van der Waals surface area contributed by atoms with E-state index in [0.717, 1.165) is 10.0 Å². The first-order valence-electron chi connectivity index (χ1n) is 4.86. The molecule has 0 bridgehead atoms. The maximum atomic E-state index is 8.88. The van der Waals surface area contributed by atoms with E-state index in [2.05, 4.69) is 25.9 Å². The van der Waals surface area contributed by atoms with Crippen LogP contribution in [0.5, 0.6) is 11.6 Å². The Labute approximate surface area is 107 Å². The molecule has 0 aliphatic heterocycles. The molecule has 4 nitrogen and oxygen atoms in total. The number of rotatable bonds is 2. The van der Waals surface area contributed by atoms with E-state index in [1.165, 1.54) is 12.4 Å². The van der Waals surface area contributed by atoms with Gasteiger partial charge in [0.2, 0.25) is 5.69 Å². The maximum absolute atomic E-state index is 8.88. The van der Waals surface area contributed by atoms with E-state index in [4.69, 9.17) is 10.00 Å². The topological polar surface area (TPSA) is 58.8 Å². The first kappa shape index (κ1) is 11.6. The highest BCUT2D eigenvalue weighted by Gasteiger charge is 2.08. The van der Waals surface area contributed by atoms with Crippen molar-refractivity contribution in [1.29, 1.82) is 5.26 Å². The van der Waals surface area contributed by atoms with Gasteiger partial charge in [0.15, 0.2) is 0 Å². The molecular weight excluding hydrogens is 282 g/mol. The van der Waals surface area contributed by atoms with E-state index >= 15 is 0 Å². The molecule has 0 saturated carbocycles. The third-order valence-electron chi connectivity index (χ3n) is 2.13. The van der Waals surface area contributed by atoms with Crippen molar-refractivity contribution in [2.75, 3.05) is 0 Å². The van der Waals surface area contributed by atoms with E-state index < -0.39 is 0 Å². The van der Waals surface area contributed by atoms with E-state index in [1.807, 2.05) is 31.2 Å². The number of hydrogen-bond acceptors (Lipinski definition) is 4. The Morgan fingerprint density at radius 1 is 1.29 bits per heavy atom. The third kappa shape index (κ3) is 2.60. The van der Waals surface area contributed by atoms with Crippen molar-refractivity contribution in [1.82, 2.24) is 9.97 Å². The zero-order valence-corrected chi connectivity index (χ0v) is 10.6. The Hall–Kier alpha value is -1.93. The second kappa shape index (κ2) is 4.93. The fraction of sp³-hybridized carbons (Fsp3) is 0.0833. The van der Waals surface area contributed by atoms with Crippen LogP contribution in [0.15, 0.2) is 35.1 Å². The summed E-state index contributed by atoms with van der Waals surface area (Å²) >= 11 is 3.36. The molecule has 1 heterocycles. The van der Waals surface area contributed by atoms with Gasteiger partial charge < -0.3 is 4.74 Å². The monoisotopic (exact) mass is 289 g/mol. The number of hydrogen-bond donors (Lipinski definition) is 0. The summed E-state index contributed by atoms with van der Waals surface area (Å²) < 4.78 is 6.49. The van der Waals surface area contributed by atoms with Crippen LogP contribution in [0.2, 0.25) is 0 Å². The number of nitrogens with zero attached hydrogens (tertiary/aromatic N) is 3. The van der Waals surface area contributed by atoms with Crippen LogP contribution in [0.25, 0.3) is 0 Å². The highest BCUT2D eigenvalue weighted by Crippen LogP contribution is 2.27. The zero-order valence-electron chi connectivity index (χ0n) is 9.01. The summed E-state index contributed by atoms with van der Waals surface area (Å²) in [5, 5.41) is 8.88. The van der Waals surface area contributed by atoms with Crippen LogP contribution in [0.4, 0.5) is 0 Å². The molecule has 0 spiro atoms. The van der Waals surface area contributed by atoms with Gasteiger partial charge in [-0.2, -0.15) is 5.26 Å². The van der Waals surface area contributed by atoms with E-state index in [-0.39, 0.29) is 11.6 Å². The van der Waals surface area contributed by atoms with Gasteiger partial charge in [-0.3, -0.25) is 0 Å². The van der Waals surface area contributed by atoms with Gasteiger partial charge in [-0.15, -0.1) is 0 Å². The first-order chi connectivity index (χ1) is 8.20. The summed E-state index contributed by atoms with van der Waals surface area (Å²) in [5.74, 6) is 0.868. The molecule has 0 aliphatic rings. The van der Waals surface area contributed by atoms with Gasteiger partial charge in [0.1, 0.15) is 11.8 Å². The molecule has 0 atom stereocenters. The van der Waals surface area contributed by atoms with Gasteiger partial charge in [-0.25, -0.2) is 9.97 Å². The molecule has 17 heavy (non-hydrogen) atoms. The number of nitriles is 1. The Kier molecular flexibility index (Phi) is 3.35. The molecular formula is C12H8BrN3O. The van der Waals surface area contributed by atoms with Crippen molar-refractivity contribution in [3.05, 3.63) is 46.3 Å². The van der Waals surface area contributed by atoms with Crippen LogP contribution in [0.1, 0.15) is 11.3 Å². The van der Waals surface area contributed by atoms with Crippen molar-refractivity contribution < 1.29 is 4.74 Å². The van der Waals surface area contributed by atoms with Crippen LogP contribution in [0.3, 0.4) is 0 Å². The number of halogens is 1. The van der Waals surface area contributed by atoms with Crippen molar-refractivity contribution in [2.45, 2.75) is 6.92 Å². The lowest BCUT2D eigenvalue weighted by atomic mass is 10.2. The standard InChI is InChI=1S/C12H8BrN3O/c1-8-2-3-9(13)6-11(8)17-12-10(7-14)15-4-5-16-12/h2-6H,1H3. The van der Waals surface area contributed by atoms with Crippen LogP contribution >= 0.6 is 15.9 Å². The van der Waals surface area contributed by atoms with Crippen molar-refractivity contribution in [2.24, 2.45) is 0 Å². The Morgan fingerprint density at radius 3 is 2.82 bits per heavy atom. The second-order valence-corrected chi connectivity index (χ2v) is 4.25. The van der Waals surface area contributed by atoms with Gasteiger partial charge >= 0.3 is 0 Å². The summed E-state index contributed by atoms with van der Waals surface area (Å²) in [4.78, 5) is 7.88. The van der Waals surface area contributed by atoms with Gasteiger partial charge in [0, 0.05) is 16.9 Å². The van der Waals surface area contributed by atoms with Crippen LogP contribution < -0.4 is 4.74 Å². The largest absolute Gasteiger partial charge is 0.436 e. The highest BCUT2D eigenvalue weighted by molar-refractivity contribution is 9.10. The minimum Gasteiger partial charge on any atom is -0.436 e. The molecule has 84 valence electrons. The minimum absolute atomic E-state index is 0.173. The van der Waals surface area contributed by atoms with Crippen LogP contribution in [0, 0.1) is 18.3 Å². The Morgan fingerprint density at radius 2 is 2.06 bits per heavy atom. The Bertz CT molecular complexity index is 593. The fourth-order valence-corrected chi connectivity index (χ4v) is 1.60. The molecule has 2 rings (SSSR count). The normalized spacial score (nSPS) is 9.71. The van der Waals surface area contributed by atoms with Crippen molar-refractivity contribution >= 4 is 15.9 Å². The molecule has 0 radical (unpaired) electrons. The lowest BCUT2D eigenvalue weighted by Gasteiger charge is -2.08. The SMILES string of the molecule is Cc1ccc(Br)cc1Oc1nccnc1C#N. The average molecular weight is 290 g/mol. The smallest absolute Gasteiger partial charge is 0.256 e. The number of ether oxygens (including phenoxy) is 1. The fourth-order valence-electron chi connectivity index (χ4n) is 1.26. The summed E-state index contributed by atoms with van der Waals surface area (Å²) in [7, 11) is 0. The quantitative estimate of drug-likeness (QED) is 0.852. The van der Waals surface area contributed by atoms with Gasteiger partial charge in [0.05, 0.1) is 0 Å². The average Bonchev–Trinajstić information content (AvgIpc) is 2.34. The van der Waals surface area contributed by atoms with E-state index in [0.29, 0.717) is 5.75 Å². The molecule has 0 amide bonds. The summed E-state index contributed by atoms with van der Waals surface area (Å²) in [6.07, 6.45) is 2.95. The lowest BCUT2D eigenvalue weighted by Crippen LogP contribution is -1.95. The highest BCUT2D eigenvalue weighted by atomic mass is 79.9. The van der Waals surface area contributed by atoms with Crippen LogP contribution in [-0.2, 0) is 0 Å². The molecule has 1 aromatic heterocycles. The zero-order chi connectivity index (χ0) is 12.3. The van der Waals surface area contributed by atoms with Gasteiger partial charge in [-0.1, -0.05) is 22.0 Å². The molecule has 0 aliphatic carbocycles. The summed E-state index contributed by atoms with van der Waals surface area (Å²) in [6.45, 7) is 1.92. The third-order valence-corrected chi connectivity index (χ3v) is 2.62. The number of aromatic nitrogens is 2.